The molecule has 0 fully saturated rings. The van der Waals surface area contributed by atoms with E-state index in [1.54, 1.807) is 6.33 Å². The van der Waals surface area contributed by atoms with E-state index in [0.717, 1.165) is 32.6 Å². The van der Waals surface area contributed by atoms with Gasteiger partial charge in [0, 0.05) is 31.7 Å². The summed E-state index contributed by atoms with van der Waals surface area (Å²) < 4.78 is 1.87. The molecule has 3 aromatic heterocycles. The summed E-state index contributed by atoms with van der Waals surface area (Å²) >= 11 is 0. The zero-order chi connectivity index (χ0) is 18.4. The number of benzene rings is 1. The third-order valence-corrected chi connectivity index (χ3v) is 4.52. The summed E-state index contributed by atoms with van der Waals surface area (Å²) in [5.74, 6) is 0.299. The molecule has 1 amide bonds. The van der Waals surface area contributed by atoms with Crippen molar-refractivity contribution in [2.75, 3.05) is 11.9 Å². The van der Waals surface area contributed by atoms with Crippen LogP contribution in [0.5, 0.6) is 0 Å². The SMILES string of the molecule is CN(C(=O)O)c1nc2[nH]c(-c3ccc(CN)cc3)cc2c2c1ncn2C. The Bertz CT molecular complexity index is 1130. The number of nitrogens with one attached hydrogen (secondary N) is 1. The lowest BCUT2D eigenvalue weighted by atomic mass is 10.1. The van der Waals surface area contributed by atoms with Crippen molar-refractivity contribution in [3.05, 3.63) is 42.2 Å². The summed E-state index contributed by atoms with van der Waals surface area (Å²) in [6.07, 6.45) is 0.571. The van der Waals surface area contributed by atoms with Crippen LogP contribution in [0.2, 0.25) is 0 Å². The van der Waals surface area contributed by atoms with Gasteiger partial charge in [-0.15, -0.1) is 0 Å². The number of carbonyl (C=O) groups is 1. The molecule has 0 bridgehead atoms. The zero-order valence-corrected chi connectivity index (χ0v) is 14.4. The summed E-state index contributed by atoms with van der Waals surface area (Å²) in [4.78, 5) is 24.6. The Kier molecular flexibility index (Phi) is 3.62. The van der Waals surface area contributed by atoms with Crippen LogP contribution in [-0.4, -0.2) is 37.8 Å². The van der Waals surface area contributed by atoms with Crippen molar-refractivity contribution in [1.29, 1.82) is 0 Å². The first-order valence-corrected chi connectivity index (χ1v) is 8.09. The van der Waals surface area contributed by atoms with Crippen molar-refractivity contribution in [2.45, 2.75) is 6.54 Å². The molecule has 26 heavy (non-hydrogen) atoms. The first-order valence-electron chi connectivity index (χ1n) is 8.09. The number of nitrogens with two attached hydrogens (primary N) is 1. The lowest BCUT2D eigenvalue weighted by molar-refractivity contribution is 0.203. The average Bonchev–Trinajstić information content (AvgIpc) is 3.24. The number of amides is 1. The maximum atomic E-state index is 11.4. The van der Waals surface area contributed by atoms with Gasteiger partial charge in [-0.3, -0.25) is 4.90 Å². The predicted octanol–water partition coefficient (Wildman–Crippen LogP) is 2.69. The Morgan fingerprint density at radius 3 is 2.73 bits per heavy atom. The second-order valence-corrected chi connectivity index (χ2v) is 6.18. The summed E-state index contributed by atoms with van der Waals surface area (Å²) in [5.41, 5.74) is 10.6. The van der Waals surface area contributed by atoms with Gasteiger partial charge in [-0.25, -0.2) is 14.8 Å². The van der Waals surface area contributed by atoms with Crippen LogP contribution < -0.4 is 10.6 Å². The quantitative estimate of drug-likeness (QED) is 0.526. The second kappa shape index (κ2) is 5.85. The van der Waals surface area contributed by atoms with Crippen LogP contribution in [0, 0.1) is 0 Å². The highest BCUT2D eigenvalue weighted by Crippen LogP contribution is 2.32. The number of aromatic nitrogens is 4. The van der Waals surface area contributed by atoms with E-state index in [1.807, 2.05) is 41.9 Å². The Morgan fingerprint density at radius 2 is 2.08 bits per heavy atom. The first-order chi connectivity index (χ1) is 12.5. The number of carboxylic acid groups (broad SMARTS) is 1. The molecule has 0 saturated carbocycles. The first kappa shape index (κ1) is 16.1. The number of imidazole rings is 1. The molecule has 0 aliphatic heterocycles. The number of aryl methyl sites for hydroxylation is 1. The van der Waals surface area contributed by atoms with Crippen molar-refractivity contribution in [3.8, 4) is 11.3 Å². The van der Waals surface area contributed by atoms with Crippen molar-refractivity contribution >= 4 is 34.0 Å². The maximum Gasteiger partial charge on any atom is 0.412 e. The van der Waals surface area contributed by atoms with Crippen LogP contribution in [0.1, 0.15) is 5.56 Å². The van der Waals surface area contributed by atoms with E-state index in [0.29, 0.717) is 23.5 Å². The van der Waals surface area contributed by atoms with Crippen LogP contribution in [0.15, 0.2) is 36.7 Å². The second-order valence-electron chi connectivity index (χ2n) is 6.18. The fourth-order valence-corrected chi connectivity index (χ4v) is 3.08. The molecule has 0 atom stereocenters. The van der Waals surface area contributed by atoms with Gasteiger partial charge in [0.2, 0.25) is 0 Å². The van der Waals surface area contributed by atoms with E-state index in [1.165, 1.54) is 7.05 Å². The Balaban J connectivity index is 1.96. The molecule has 132 valence electrons. The van der Waals surface area contributed by atoms with E-state index >= 15 is 0 Å². The van der Waals surface area contributed by atoms with Crippen LogP contribution in [-0.2, 0) is 13.6 Å². The summed E-state index contributed by atoms with van der Waals surface area (Å²) in [5, 5.41) is 10.2. The third-order valence-electron chi connectivity index (χ3n) is 4.52. The number of pyridine rings is 1. The Hall–Kier alpha value is -3.39. The van der Waals surface area contributed by atoms with E-state index in [9.17, 15) is 9.90 Å². The van der Waals surface area contributed by atoms with E-state index < -0.39 is 6.09 Å². The van der Waals surface area contributed by atoms with Gasteiger partial charge in [-0.1, -0.05) is 24.3 Å². The van der Waals surface area contributed by atoms with Gasteiger partial charge < -0.3 is 20.4 Å². The fraction of sp³-hybridized carbons (Fsp3) is 0.167. The topological polar surface area (TPSA) is 113 Å². The van der Waals surface area contributed by atoms with Gasteiger partial charge >= 0.3 is 6.09 Å². The lowest BCUT2D eigenvalue weighted by Gasteiger charge is -2.12. The normalized spacial score (nSPS) is 11.3. The Labute approximate surface area is 148 Å². The van der Waals surface area contributed by atoms with Gasteiger partial charge in [0.15, 0.2) is 5.82 Å². The Morgan fingerprint density at radius 1 is 1.35 bits per heavy atom. The summed E-state index contributed by atoms with van der Waals surface area (Å²) in [6, 6.07) is 9.97. The predicted molar refractivity (Wildman–Crippen MR) is 100 cm³/mol. The molecule has 0 aliphatic carbocycles. The minimum atomic E-state index is -1.09. The van der Waals surface area contributed by atoms with Gasteiger partial charge in [0.05, 0.1) is 11.8 Å². The van der Waals surface area contributed by atoms with E-state index in [4.69, 9.17) is 5.73 Å². The van der Waals surface area contributed by atoms with Crippen molar-refractivity contribution in [3.63, 3.8) is 0 Å². The van der Waals surface area contributed by atoms with E-state index in [-0.39, 0.29) is 0 Å². The van der Waals surface area contributed by atoms with Gasteiger partial charge in [0.1, 0.15) is 11.2 Å². The lowest BCUT2D eigenvalue weighted by Crippen LogP contribution is -2.25. The minimum absolute atomic E-state index is 0.299. The fourth-order valence-electron chi connectivity index (χ4n) is 3.08. The van der Waals surface area contributed by atoms with E-state index in [2.05, 4.69) is 15.0 Å². The number of fused-ring (bicyclic) bond motifs is 3. The van der Waals surface area contributed by atoms with Crippen molar-refractivity contribution < 1.29 is 9.90 Å². The molecule has 1 aromatic carbocycles. The molecular weight excluding hydrogens is 332 g/mol. The number of rotatable bonds is 3. The van der Waals surface area contributed by atoms with Crippen molar-refractivity contribution in [2.24, 2.45) is 12.8 Å². The molecule has 3 heterocycles. The van der Waals surface area contributed by atoms with Crippen molar-refractivity contribution in [1.82, 2.24) is 19.5 Å². The minimum Gasteiger partial charge on any atom is -0.465 e. The third kappa shape index (κ3) is 2.39. The van der Waals surface area contributed by atoms with Gasteiger partial charge in [0.25, 0.3) is 0 Å². The maximum absolute atomic E-state index is 11.4. The smallest absolute Gasteiger partial charge is 0.412 e. The van der Waals surface area contributed by atoms with Gasteiger partial charge in [-0.05, 0) is 17.2 Å². The molecule has 4 N–H and O–H groups in total. The molecule has 0 radical (unpaired) electrons. The highest BCUT2D eigenvalue weighted by atomic mass is 16.4. The molecule has 8 heteroatoms. The molecule has 8 nitrogen and oxygen atoms in total. The zero-order valence-electron chi connectivity index (χ0n) is 14.4. The van der Waals surface area contributed by atoms with Gasteiger partial charge in [-0.2, -0.15) is 0 Å². The largest absolute Gasteiger partial charge is 0.465 e. The molecular formula is C18H18N6O2. The number of nitrogens with zero attached hydrogens (tertiary/aromatic N) is 4. The average molecular weight is 350 g/mol. The number of aromatic amines is 1. The van der Waals surface area contributed by atoms with Crippen LogP contribution in [0.25, 0.3) is 33.3 Å². The molecule has 0 spiro atoms. The number of H-pyrrole nitrogens is 1. The number of hydrogen-bond acceptors (Lipinski definition) is 4. The molecule has 4 rings (SSSR count). The molecule has 0 unspecified atom stereocenters. The standard InChI is InChI=1S/C18H18N6O2/c1-23-9-20-14-15(23)12-7-13(11-5-3-10(8-19)4-6-11)21-16(12)22-17(14)24(2)18(25)26/h3-7,9H,8,19H2,1-2H3,(H,21,22)(H,25,26). The van der Waals surface area contributed by atoms with Crippen LogP contribution in [0.3, 0.4) is 0 Å². The number of hydrogen-bond donors (Lipinski definition) is 3. The highest BCUT2D eigenvalue weighted by Gasteiger charge is 2.20. The summed E-state index contributed by atoms with van der Waals surface area (Å²) in [7, 11) is 3.34. The highest BCUT2D eigenvalue weighted by molar-refractivity contribution is 6.09. The van der Waals surface area contributed by atoms with Crippen LogP contribution in [0.4, 0.5) is 10.6 Å². The van der Waals surface area contributed by atoms with Crippen LogP contribution >= 0.6 is 0 Å². The monoisotopic (exact) mass is 350 g/mol. The molecule has 0 aliphatic rings. The summed E-state index contributed by atoms with van der Waals surface area (Å²) in [6.45, 7) is 0.495. The number of anilines is 1. The molecule has 4 aromatic rings. The molecule has 0 saturated heterocycles.